The van der Waals surface area contributed by atoms with Gasteiger partial charge in [-0.1, -0.05) is 30.8 Å². The van der Waals surface area contributed by atoms with E-state index >= 15 is 0 Å². The Balaban J connectivity index is 2.36. The molecule has 2 nitrogen and oxygen atoms in total. The van der Waals surface area contributed by atoms with Crippen molar-refractivity contribution in [1.29, 1.82) is 0 Å². The first-order valence-corrected chi connectivity index (χ1v) is 4.62. The minimum Gasteiger partial charge on any atom is -0.245 e. The Morgan fingerprint density at radius 3 is 2.53 bits per heavy atom. The highest BCUT2D eigenvalue weighted by Crippen LogP contribution is 2.16. The normalized spacial score (nSPS) is 9.33. The number of hydrogen-bond acceptors (Lipinski definition) is 2. The van der Waals surface area contributed by atoms with Crippen molar-refractivity contribution in [2.75, 3.05) is 0 Å². The molecule has 0 saturated heterocycles. The van der Waals surface area contributed by atoms with Crippen molar-refractivity contribution in [2.24, 2.45) is 0 Å². The van der Waals surface area contributed by atoms with Gasteiger partial charge in [0, 0.05) is 11.8 Å². The Hall–Kier alpha value is -2.18. The minimum atomic E-state index is 0.930. The number of rotatable bonds is 2. The Labute approximate surface area is 88.6 Å². The standard InChI is InChI=1S/C13H10N2/c1-2-3-11-4-6-12(7-5-11)13-8-9-14-10-15-13/h3-10H,1H2. The van der Waals surface area contributed by atoms with E-state index in [1.807, 2.05) is 36.4 Å². The van der Waals surface area contributed by atoms with Crippen LogP contribution in [0, 0.1) is 0 Å². The van der Waals surface area contributed by atoms with E-state index in [4.69, 9.17) is 0 Å². The molecule has 0 aliphatic carbocycles. The molecule has 1 aromatic heterocycles. The van der Waals surface area contributed by atoms with E-state index in [0.29, 0.717) is 0 Å². The lowest BCUT2D eigenvalue weighted by Gasteiger charge is -1.99. The van der Waals surface area contributed by atoms with Gasteiger partial charge in [-0.15, -0.1) is 5.73 Å². The molecule has 2 aromatic rings. The molecule has 0 atom stereocenters. The van der Waals surface area contributed by atoms with Crippen molar-refractivity contribution in [3.05, 3.63) is 60.7 Å². The Morgan fingerprint density at radius 1 is 1.13 bits per heavy atom. The zero-order valence-electron chi connectivity index (χ0n) is 8.22. The van der Waals surface area contributed by atoms with Crippen LogP contribution in [0.2, 0.25) is 0 Å². The number of hydrogen-bond donors (Lipinski definition) is 0. The van der Waals surface area contributed by atoms with E-state index < -0.39 is 0 Å². The predicted octanol–water partition coefficient (Wildman–Crippen LogP) is 2.94. The molecule has 0 bridgehead atoms. The first-order valence-electron chi connectivity index (χ1n) is 4.62. The predicted molar refractivity (Wildman–Crippen MR) is 61.1 cm³/mol. The van der Waals surface area contributed by atoms with Gasteiger partial charge in [-0.3, -0.25) is 0 Å². The quantitative estimate of drug-likeness (QED) is 0.687. The highest BCUT2D eigenvalue weighted by Gasteiger charge is 1.96. The average molecular weight is 194 g/mol. The first-order chi connectivity index (χ1) is 7.40. The summed E-state index contributed by atoms with van der Waals surface area (Å²) < 4.78 is 0. The van der Waals surface area contributed by atoms with Gasteiger partial charge in [-0.2, -0.15) is 0 Å². The van der Waals surface area contributed by atoms with Gasteiger partial charge in [0.1, 0.15) is 6.33 Å². The molecule has 0 aliphatic heterocycles. The molecular weight excluding hydrogens is 184 g/mol. The summed E-state index contributed by atoms with van der Waals surface area (Å²) in [4.78, 5) is 8.06. The second-order valence-corrected chi connectivity index (χ2v) is 3.07. The maximum absolute atomic E-state index is 4.18. The summed E-state index contributed by atoms with van der Waals surface area (Å²) in [7, 11) is 0. The second-order valence-electron chi connectivity index (χ2n) is 3.07. The molecule has 0 N–H and O–H groups in total. The van der Waals surface area contributed by atoms with E-state index in [1.54, 1.807) is 12.5 Å². The van der Waals surface area contributed by atoms with Gasteiger partial charge in [0.25, 0.3) is 0 Å². The molecule has 2 rings (SSSR count). The van der Waals surface area contributed by atoms with Crippen LogP contribution in [-0.4, -0.2) is 9.97 Å². The summed E-state index contributed by atoms with van der Waals surface area (Å²) in [5.74, 6) is 0. The molecule has 1 aromatic carbocycles. The number of benzene rings is 1. The van der Waals surface area contributed by atoms with Crippen LogP contribution >= 0.6 is 0 Å². The fourth-order valence-corrected chi connectivity index (χ4v) is 1.33. The Kier molecular flexibility index (Phi) is 2.72. The van der Waals surface area contributed by atoms with E-state index in [-0.39, 0.29) is 0 Å². The molecule has 0 spiro atoms. The van der Waals surface area contributed by atoms with Crippen LogP contribution in [0.25, 0.3) is 17.3 Å². The molecule has 0 aliphatic rings. The van der Waals surface area contributed by atoms with Crippen LogP contribution in [0.4, 0.5) is 0 Å². The highest BCUT2D eigenvalue weighted by atomic mass is 14.8. The highest BCUT2D eigenvalue weighted by molar-refractivity contribution is 5.61. The molecule has 15 heavy (non-hydrogen) atoms. The second kappa shape index (κ2) is 4.36. The van der Waals surface area contributed by atoms with E-state index in [1.165, 1.54) is 0 Å². The lowest BCUT2D eigenvalue weighted by molar-refractivity contribution is 1.17. The maximum Gasteiger partial charge on any atom is 0.116 e. The summed E-state index contributed by atoms with van der Waals surface area (Å²) in [6, 6.07) is 9.95. The van der Waals surface area contributed by atoms with Gasteiger partial charge in [-0.05, 0) is 17.7 Å². The molecular formula is C13H10N2. The average Bonchev–Trinajstić information content (AvgIpc) is 2.32. The van der Waals surface area contributed by atoms with E-state index in [2.05, 4.69) is 22.3 Å². The molecule has 0 amide bonds. The van der Waals surface area contributed by atoms with Crippen LogP contribution < -0.4 is 0 Å². The number of nitrogens with zero attached hydrogens (tertiary/aromatic N) is 2. The molecule has 0 unspecified atom stereocenters. The first kappa shape index (κ1) is 9.38. The lowest BCUT2D eigenvalue weighted by atomic mass is 10.1. The zero-order chi connectivity index (χ0) is 10.5. The fraction of sp³-hybridized carbons (Fsp3) is 0. The van der Waals surface area contributed by atoms with Crippen molar-refractivity contribution >= 4 is 6.08 Å². The molecule has 1 heterocycles. The SMILES string of the molecule is C=C=Cc1ccc(-c2ccncn2)cc1. The zero-order valence-corrected chi connectivity index (χ0v) is 8.22. The van der Waals surface area contributed by atoms with Crippen LogP contribution in [0.1, 0.15) is 5.56 Å². The van der Waals surface area contributed by atoms with Crippen LogP contribution in [0.5, 0.6) is 0 Å². The van der Waals surface area contributed by atoms with Gasteiger partial charge in [-0.25, -0.2) is 9.97 Å². The van der Waals surface area contributed by atoms with Gasteiger partial charge < -0.3 is 0 Å². The Morgan fingerprint density at radius 2 is 1.93 bits per heavy atom. The summed E-state index contributed by atoms with van der Waals surface area (Å²) in [5, 5.41) is 0. The van der Waals surface area contributed by atoms with Crippen LogP contribution in [0.3, 0.4) is 0 Å². The third-order valence-electron chi connectivity index (χ3n) is 2.06. The van der Waals surface area contributed by atoms with Crippen LogP contribution in [0.15, 0.2) is 55.2 Å². The largest absolute Gasteiger partial charge is 0.245 e. The van der Waals surface area contributed by atoms with Gasteiger partial charge in [0.05, 0.1) is 5.69 Å². The molecule has 2 heteroatoms. The van der Waals surface area contributed by atoms with E-state index in [9.17, 15) is 0 Å². The van der Waals surface area contributed by atoms with Gasteiger partial charge in [0.2, 0.25) is 0 Å². The monoisotopic (exact) mass is 194 g/mol. The third-order valence-corrected chi connectivity index (χ3v) is 2.06. The molecule has 0 fully saturated rings. The van der Waals surface area contributed by atoms with Crippen molar-refractivity contribution in [2.45, 2.75) is 0 Å². The molecule has 0 saturated carbocycles. The molecule has 0 radical (unpaired) electrons. The summed E-state index contributed by atoms with van der Waals surface area (Å²) in [6.07, 6.45) is 5.12. The number of aromatic nitrogens is 2. The van der Waals surface area contributed by atoms with E-state index in [0.717, 1.165) is 16.8 Å². The van der Waals surface area contributed by atoms with Gasteiger partial charge >= 0.3 is 0 Å². The maximum atomic E-state index is 4.18. The van der Waals surface area contributed by atoms with Crippen molar-refractivity contribution < 1.29 is 0 Å². The Bertz CT molecular complexity index is 480. The topological polar surface area (TPSA) is 25.8 Å². The van der Waals surface area contributed by atoms with Crippen molar-refractivity contribution in [1.82, 2.24) is 9.97 Å². The minimum absolute atomic E-state index is 0.930. The summed E-state index contributed by atoms with van der Waals surface area (Å²) in [5.41, 5.74) is 5.84. The third kappa shape index (κ3) is 2.19. The smallest absolute Gasteiger partial charge is 0.116 e. The lowest BCUT2D eigenvalue weighted by Crippen LogP contribution is -1.83. The van der Waals surface area contributed by atoms with Crippen molar-refractivity contribution in [3.8, 4) is 11.3 Å². The summed E-state index contributed by atoms with van der Waals surface area (Å²) in [6.45, 7) is 3.54. The molecule has 72 valence electrons. The van der Waals surface area contributed by atoms with Crippen molar-refractivity contribution in [3.63, 3.8) is 0 Å². The van der Waals surface area contributed by atoms with Crippen LogP contribution in [-0.2, 0) is 0 Å². The summed E-state index contributed by atoms with van der Waals surface area (Å²) >= 11 is 0. The fourth-order valence-electron chi connectivity index (χ4n) is 1.33. The van der Waals surface area contributed by atoms with Gasteiger partial charge in [0.15, 0.2) is 0 Å².